The summed E-state index contributed by atoms with van der Waals surface area (Å²) in [5.41, 5.74) is 4.12. The number of benzene rings is 2. The van der Waals surface area contributed by atoms with Gasteiger partial charge in [-0.3, -0.25) is 14.6 Å². The minimum absolute atomic E-state index is 0.00930. The predicted octanol–water partition coefficient (Wildman–Crippen LogP) is 5.00. The van der Waals surface area contributed by atoms with Crippen molar-refractivity contribution in [3.63, 3.8) is 0 Å². The van der Waals surface area contributed by atoms with E-state index in [-0.39, 0.29) is 17.5 Å². The molecule has 5 heteroatoms. The number of pyridine rings is 1. The van der Waals surface area contributed by atoms with Crippen LogP contribution in [0.25, 0.3) is 11.1 Å². The van der Waals surface area contributed by atoms with E-state index in [9.17, 15) is 9.59 Å². The highest BCUT2D eigenvalue weighted by Crippen LogP contribution is 2.36. The van der Waals surface area contributed by atoms with Crippen LogP contribution in [0.4, 0.5) is 10.1 Å². The first-order chi connectivity index (χ1) is 14.6. The minimum Gasteiger partial charge on any atom is -0.312 e. The number of fused-ring (bicyclic) bond motifs is 1. The molecule has 0 unspecified atom stereocenters. The fourth-order valence-electron chi connectivity index (χ4n) is 3.90. The van der Waals surface area contributed by atoms with Crippen LogP contribution in [0.2, 0.25) is 0 Å². The topological polar surface area (TPSA) is 50.3 Å². The zero-order valence-corrected chi connectivity index (χ0v) is 16.9. The highest BCUT2D eigenvalue weighted by Gasteiger charge is 2.27. The molecule has 1 aromatic heterocycles. The molecule has 4 nitrogen and oxygen atoms in total. The van der Waals surface area contributed by atoms with Crippen LogP contribution in [0.1, 0.15) is 41.3 Å². The van der Waals surface area contributed by atoms with E-state index in [1.54, 1.807) is 47.6 Å². The SMILES string of the molecule is CCC(=O)N1CCc2c1ccc(-c1ccc(C(=O)CCc3cccnc3)cc1)c2F. The Morgan fingerprint density at radius 1 is 1.10 bits per heavy atom. The van der Waals surface area contributed by atoms with Gasteiger partial charge in [-0.2, -0.15) is 0 Å². The minimum atomic E-state index is -0.283. The summed E-state index contributed by atoms with van der Waals surface area (Å²) in [4.78, 5) is 30.3. The van der Waals surface area contributed by atoms with E-state index in [1.807, 2.05) is 25.1 Å². The third-order valence-corrected chi connectivity index (χ3v) is 5.58. The number of carbonyl (C=O) groups is 2. The van der Waals surface area contributed by atoms with Crippen molar-refractivity contribution in [1.82, 2.24) is 4.98 Å². The van der Waals surface area contributed by atoms with Gasteiger partial charge in [-0.15, -0.1) is 0 Å². The maximum atomic E-state index is 15.2. The lowest BCUT2D eigenvalue weighted by Crippen LogP contribution is -2.27. The summed E-state index contributed by atoms with van der Waals surface area (Å²) in [6.45, 7) is 2.33. The van der Waals surface area contributed by atoms with Crippen LogP contribution in [0.5, 0.6) is 0 Å². The highest BCUT2D eigenvalue weighted by atomic mass is 19.1. The third-order valence-electron chi connectivity index (χ3n) is 5.58. The first-order valence-electron chi connectivity index (χ1n) is 10.2. The summed E-state index contributed by atoms with van der Waals surface area (Å²) in [5, 5.41) is 0. The van der Waals surface area contributed by atoms with Crippen molar-refractivity contribution in [3.05, 3.63) is 83.4 Å². The normalized spacial score (nSPS) is 12.7. The van der Waals surface area contributed by atoms with E-state index in [0.29, 0.717) is 54.6 Å². The van der Waals surface area contributed by atoms with E-state index in [1.165, 1.54) is 0 Å². The van der Waals surface area contributed by atoms with E-state index in [2.05, 4.69) is 4.98 Å². The van der Waals surface area contributed by atoms with Crippen molar-refractivity contribution < 1.29 is 14.0 Å². The molecule has 0 spiro atoms. The van der Waals surface area contributed by atoms with Crippen LogP contribution in [-0.2, 0) is 17.6 Å². The molecular weight excluding hydrogens is 379 g/mol. The number of halogens is 1. The van der Waals surface area contributed by atoms with E-state index >= 15 is 4.39 Å². The number of carbonyl (C=O) groups excluding carboxylic acids is 2. The van der Waals surface area contributed by atoms with E-state index < -0.39 is 0 Å². The van der Waals surface area contributed by atoms with Crippen LogP contribution >= 0.6 is 0 Å². The second-order valence-corrected chi connectivity index (χ2v) is 7.44. The second kappa shape index (κ2) is 8.57. The van der Waals surface area contributed by atoms with Gasteiger partial charge in [-0.25, -0.2) is 4.39 Å². The van der Waals surface area contributed by atoms with Gasteiger partial charge in [0.25, 0.3) is 0 Å². The number of hydrogen-bond acceptors (Lipinski definition) is 3. The summed E-state index contributed by atoms with van der Waals surface area (Å²) >= 11 is 0. The number of hydrogen-bond donors (Lipinski definition) is 0. The van der Waals surface area contributed by atoms with Gasteiger partial charge in [0.15, 0.2) is 5.78 Å². The van der Waals surface area contributed by atoms with Gasteiger partial charge in [-0.1, -0.05) is 37.3 Å². The van der Waals surface area contributed by atoms with E-state index in [0.717, 1.165) is 11.1 Å². The molecule has 0 saturated carbocycles. The molecule has 1 aliphatic heterocycles. The summed E-state index contributed by atoms with van der Waals surface area (Å²) in [5.74, 6) is -0.224. The molecule has 0 N–H and O–H groups in total. The van der Waals surface area contributed by atoms with Crippen LogP contribution in [0.15, 0.2) is 60.9 Å². The molecule has 0 fully saturated rings. The fraction of sp³-hybridized carbons (Fsp3) is 0.240. The Morgan fingerprint density at radius 2 is 1.90 bits per heavy atom. The first kappa shape index (κ1) is 20.0. The average molecular weight is 402 g/mol. The van der Waals surface area contributed by atoms with Gasteiger partial charge >= 0.3 is 0 Å². The van der Waals surface area contributed by atoms with Gasteiger partial charge in [-0.05, 0) is 42.2 Å². The molecule has 0 saturated heterocycles. The third kappa shape index (κ3) is 3.88. The fourth-order valence-corrected chi connectivity index (χ4v) is 3.90. The Balaban J connectivity index is 1.50. The van der Waals surface area contributed by atoms with Crippen molar-refractivity contribution in [3.8, 4) is 11.1 Å². The van der Waals surface area contributed by atoms with Gasteiger partial charge in [0.2, 0.25) is 5.91 Å². The van der Waals surface area contributed by atoms with Gasteiger partial charge in [0.05, 0.1) is 0 Å². The molecule has 0 radical (unpaired) electrons. The molecule has 0 atom stereocenters. The van der Waals surface area contributed by atoms with Gasteiger partial charge < -0.3 is 4.90 Å². The molecule has 2 aromatic carbocycles. The average Bonchev–Trinajstić information content (AvgIpc) is 3.23. The molecule has 2 heterocycles. The van der Waals surface area contributed by atoms with Gasteiger partial charge in [0.1, 0.15) is 5.82 Å². The Labute approximate surface area is 175 Å². The number of amides is 1. The summed E-state index contributed by atoms with van der Waals surface area (Å²) < 4.78 is 15.2. The smallest absolute Gasteiger partial charge is 0.226 e. The lowest BCUT2D eigenvalue weighted by Gasteiger charge is -2.17. The quantitative estimate of drug-likeness (QED) is 0.545. The number of nitrogens with zero attached hydrogens (tertiary/aromatic N) is 2. The Morgan fingerprint density at radius 3 is 2.60 bits per heavy atom. The van der Waals surface area contributed by atoms with Crippen LogP contribution in [0, 0.1) is 5.82 Å². The number of ketones is 1. The van der Waals surface area contributed by atoms with Crippen LogP contribution in [-0.4, -0.2) is 23.2 Å². The highest BCUT2D eigenvalue weighted by molar-refractivity contribution is 5.97. The summed E-state index contributed by atoms with van der Waals surface area (Å²) in [6.07, 6.45) is 5.44. The molecule has 30 heavy (non-hydrogen) atoms. The first-order valence-corrected chi connectivity index (χ1v) is 10.2. The lowest BCUT2D eigenvalue weighted by molar-refractivity contribution is -0.118. The standard InChI is InChI=1S/C25H23FN2O2/c1-2-24(30)28-15-13-21-22(28)11-10-20(25(21)26)18-6-8-19(9-7-18)23(29)12-5-17-4-3-14-27-16-17/h3-4,6-11,14,16H,2,5,12-13,15H2,1H3. The number of anilines is 1. The maximum Gasteiger partial charge on any atom is 0.226 e. The Bertz CT molecular complexity index is 1080. The molecule has 1 amide bonds. The zero-order chi connectivity index (χ0) is 21.1. The van der Waals surface area contributed by atoms with E-state index in [4.69, 9.17) is 0 Å². The molecule has 1 aliphatic rings. The number of aromatic nitrogens is 1. The molecular formula is C25H23FN2O2. The molecule has 152 valence electrons. The lowest BCUT2D eigenvalue weighted by atomic mass is 9.97. The number of aryl methyl sites for hydroxylation is 1. The summed E-state index contributed by atoms with van der Waals surface area (Å²) in [6, 6.07) is 14.4. The van der Waals surface area contributed by atoms with Crippen LogP contribution in [0.3, 0.4) is 0 Å². The van der Waals surface area contributed by atoms with Gasteiger partial charge in [0, 0.05) is 54.2 Å². The second-order valence-electron chi connectivity index (χ2n) is 7.44. The predicted molar refractivity (Wildman–Crippen MR) is 115 cm³/mol. The van der Waals surface area contributed by atoms with Crippen LogP contribution < -0.4 is 4.90 Å². The molecule has 3 aromatic rings. The Hall–Kier alpha value is -3.34. The molecule has 4 rings (SSSR count). The van der Waals surface area contributed by atoms with Crippen molar-refractivity contribution >= 4 is 17.4 Å². The molecule has 0 aliphatic carbocycles. The number of rotatable bonds is 6. The molecule has 0 bridgehead atoms. The summed E-state index contributed by atoms with van der Waals surface area (Å²) in [7, 11) is 0. The Kier molecular flexibility index (Phi) is 5.70. The van der Waals surface area contributed by atoms with Crippen molar-refractivity contribution in [1.29, 1.82) is 0 Å². The largest absolute Gasteiger partial charge is 0.312 e. The van der Waals surface area contributed by atoms with Crippen molar-refractivity contribution in [2.75, 3.05) is 11.4 Å². The van der Waals surface area contributed by atoms with Crippen molar-refractivity contribution in [2.45, 2.75) is 32.6 Å². The number of Topliss-reactive ketones (excluding diaryl/α,β-unsaturated/α-hetero) is 1. The van der Waals surface area contributed by atoms with Crippen molar-refractivity contribution in [2.24, 2.45) is 0 Å². The zero-order valence-electron chi connectivity index (χ0n) is 16.9. The monoisotopic (exact) mass is 402 g/mol. The maximum absolute atomic E-state index is 15.2.